The Hall–Kier alpha value is -1.84. The molecule has 1 amide bonds. The summed E-state index contributed by atoms with van der Waals surface area (Å²) in [4.78, 5) is 16.6. The Morgan fingerprint density at radius 3 is 1.96 bits per heavy atom. The molecule has 0 radical (unpaired) electrons. The number of amides is 1. The molecule has 2 aliphatic rings. The normalized spacial score (nSPS) is 19.0. The molecule has 2 aromatic rings. The van der Waals surface area contributed by atoms with E-state index in [2.05, 4.69) is 24.0 Å². The molecule has 124 valence electrons. The number of halogens is 1. The third kappa shape index (κ3) is 2.19. The van der Waals surface area contributed by atoms with Gasteiger partial charge in [-0.15, -0.1) is 0 Å². The molecule has 0 spiro atoms. The van der Waals surface area contributed by atoms with E-state index in [4.69, 9.17) is 11.6 Å². The summed E-state index contributed by atoms with van der Waals surface area (Å²) in [6.07, 6.45) is 0. The van der Waals surface area contributed by atoms with Gasteiger partial charge < -0.3 is 9.80 Å². The van der Waals surface area contributed by atoms with Gasteiger partial charge in [-0.05, 0) is 28.8 Å². The lowest BCUT2D eigenvalue weighted by atomic mass is 9.94. The van der Waals surface area contributed by atoms with Crippen LogP contribution in [-0.2, 0) is 9.67 Å². The number of nitrogens with zero attached hydrogens (tertiary/aromatic N) is 2. The monoisotopic (exact) mass is 340 g/mol. The lowest BCUT2D eigenvalue weighted by molar-refractivity contribution is -0.134. The molecule has 3 nitrogen and oxygen atoms in total. The smallest absolute Gasteiger partial charge is 0.253 e. The zero-order valence-corrected chi connectivity index (χ0v) is 14.6. The van der Waals surface area contributed by atoms with Crippen molar-refractivity contribution < 1.29 is 4.79 Å². The van der Waals surface area contributed by atoms with E-state index in [1.807, 2.05) is 41.3 Å². The maximum absolute atomic E-state index is 13.4. The first kappa shape index (κ1) is 15.7. The summed E-state index contributed by atoms with van der Waals surface area (Å²) < 4.78 is 0. The minimum absolute atomic E-state index is 0.0114. The van der Waals surface area contributed by atoms with Crippen molar-refractivity contribution in [3.05, 3.63) is 59.7 Å². The fourth-order valence-corrected chi connectivity index (χ4v) is 4.35. The molecule has 0 unspecified atom stereocenters. The summed E-state index contributed by atoms with van der Waals surface area (Å²) in [5, 5.41) is 0. The summed E-state index contributed by atoms with van der Waals surface area (Å²) in [5.74, 6) is 0.0114. The molecule has 1 aliphatic carbocycles. The predicted octanol–water partition coefficient (Wildman–Crippen LogP) is 3.31. The minimum atomic E-state index is -1.10. The number of rotatable bonds is 2. The molecule has 2 aromatic carbocycles. The number of hydrogen-bond acceptors (Lipinski definition) is 2. The van der Waals surface area contributed by atoms with Gasteiger partial charge in [0.05, 0.1) is 0 Å². The van der Waals surface area contributed by atoms with Crippen LogP contribution in [0.25, 0.3) is 11.1 Å². The molecule has 1 saturated heterocycles. The van der Waals surface area contributed by atoms with E-state index in [1.165, 1.54) is 0 Å². The maximum Gasteiger partial charge on any atom is 0.253 e. The van der Waals surface area contributed by atoms with Crippen molar-refractivity contribution in [2.24, 2.45) is 0 Å². The van der Waals surface area contributed by atoms with E-state index >= 15 is 0 Å². The highest BCUT2D eigenvalue weighted by molar-refractivity contribution is 6.39. The van der Waals surface area contributed by atoms with Crippen molar-refractivity contribution in [3.8, 4) is 11.1 Å². The van der Waals surface area contributed by atoms with Crippen LogP contribution in [-0.4, -0.2) is 48.4 Å². The summed E-state index contributed by atoms with van der Waals surface area (Å²) in [6, 6.07) is 16.0. The first-order valence-electron chi connectivity index (χ1n) is 8.56. The van der Waals surface area contributed by atoms with Crippen LogP contribution in [0, 0.1) is 0 Å². The number of piperazine rings is 1. The molecule has 1 heterocycles. The fourth-order valence-electron chi connectivity index (χ4n) is 3.90. The number of benzene rings is 2. The van der Waals surface area contributed by atoms with Gasteiger partial charge in [0.25, 0.3) is 5.91 Å². The third-order valence-corrected chi connectivity index (χ3v) is 5.86. The number of alkyl halides is 1. The van der Waals surface area contributed by atoms with Gasteiger partial charge in [-0.3, -0.25) is 4.79 Å². The number of hydrogen-bond donors (Lipinski definition) is 0. The van der Waals surface area contributed by atoms with Gasteiger partial charge in [0.15, 0.2) is 4.87 Å². The van der Waals surface area contributed by atoms with E-state index in [0.29, 0.717) is 0 Å². The van der Waals surface area contributed by atoms with Crippen LogP contribution >= 0.6 is 11.6 Å². The van der Waals surface area contributed by atoms with Crippen LogP contribution < -0.4 is 0 Å². The predicted molar refractivity (Wildman–Crippen MR) is 97.2 cm³/mol. The molecule has 4 heteroatoms. The van der Waals surface area contributed by atoms with Crippen LogP contribution in [0.2, 0.25) is 0 Å². The van der Waals surface area contributed by atoms with Crippen molar-refractivity contribution in [1.82, 2.24) is 9.80 Å². The Balaban J connectivity index is 1.75. The molecular formula is C20H21ClN2O. The lowest BCUT2D eigenvalue weighted by Crippen LogP contribution is -2.53. The zero-order valence-electron chi connectivity index (χ0n) is 13.8. The van der Waals surface area contributed by atoms with E-state index in [9.17, 15) is 4.79 Å². The maximum atomic E-state index is 13.4. The quantitative estimate of drug-likeness (QED) is 0.783. The van der Waals surface area contributed by atoms with Crippen molar-refractivity contribution in [3.63, 3.8) is 0 Å². The summed E-state index contributed by atoms with van der Waals surface area (Å²) in [5.41, 5.74) is 3.97. The van der Waals surface area contributed by atoms with Crippen LogP contribution in [0.3, 0.4) is 0 Å². The Labute approximate surface area is 147 Å². The Kier molecular flexibility index (Phi) is 3.86. The SMILES string of the molecule is CCN1CCN(C(=O)C2(Cl)c3ccccc3-c3ccccc32)CC1. The van der Waals surface area contributed by atoms with Crippen molar-refractivity contribution >= 4 is 17.5 Å². The second-order valence-corrected chi connectivity index (χ2v) is 7.04. The molecule has 0 atom stereocenters. The minimum Gasteiger partial charge on any atom is -0.338 e. The van der Waals surface area contributed by atoms with E-state index in [1.54, 1.807) is 0 Å². The van der Waals surface area contributed by atoms with Crippen LogP contribution in [0.5, 0.6) is 0 Å². The van der Waals surface area contributed by atoms with Crippen LogP contribution in [0.4, 0.5) is 0 Å². The highest BCUT2D eigenvalue weighted by atomic mass is 35.5. The van der Waals surface area contributed by atoms with E-state index < -0.39 is 4.87 Å². The average Bonchev–Trinajstić information content (AvgIpc) is 2.92. The molecule has 24 heavy (non-hydrogen) atoms. The Morgan fingerprint density at radius 1 is 0.958 bits per heavy atom. The van der Waals surface area contributed by atoms with Gasteiger partial charge in [-0.1, -0.05) is 67.1 Å². The second kappa shape index (κ2) is 5.91. The van der Waals surface area contributed by atoms with Gasteiger partial charge in [-0.2, -0.15) is 0 Å². The Morgan fingerprint density at radius 2 is 1.46 bits per heavy atom. The number of carbonyl (C=O) groups is 1. The molecule has 1 fully saturated rings. The first-order chi connectivity index (χ1) is 11.7. The van der Waals surface area contributed by atoms with Crippen LogP contribution in [0.1, 0.15) is 18.1 Å². The molecular weight excluding hydrogens is 320 g/mol. The largest absolute Gasteiger partial charge is 0.338 e. The lowest BCUT2D eigenvalue weighted by Gasteiger charge is -2.38. The zero-order chi connectivity index (χ0) is 16.7. The summed E-state index contributed by atoms with van der Waals surface area (Å²) in [6.45, 7) is 6.50. The molecule has 1 aliphatic heterocycles. The number of likely N-dealkylation sites (N-methyl/N-ethyl adjacent to an activating group) is 1. The first-order valence-corrected chi connectivity index (χ1v) is 8.94. The topological polar surface area (TPSA) is 23.6 Å². The molecule has 0 aromatic heterocycles. The molecule has 0 saturated carbocycles. The number of carbonyl (C=O) groups excluding carboxylic acids is 1. The van der Waals surface area contributed by atoms with Gasteiger partial charge in [0.1, 0.15) is 0 Å². The van der Waals surface area contributed by atoms with Gasteiger partial charge in [0.2, 0.25) is 0 Å². The fraction of sp³-hybridized carbons (Fsp3) is 0.350. The second-order valence-electron chi connectivity index (χ2n) is 6.48. The Bertz CT molecular complexity index is 735. The summed E-state index contributed by atoms with van der Waals surface area (Å²) >= 11 is 7.08. The van der Waals surface area contributed by atoms with Crippen LogP contribution in [0.15, 0.2) is 48.5 Å². The number of fused-ring (bicyclic) bond motifs is 3. The van der Waals surface area contributed by atoms with Gasteiger partial charge in [-0.25, -0.2) is 0 Å². The highest BCUT2D eigenvalue weighted by Gasteiger charge is 2.49. The van der Waals surface area contributed by atoms with Gasteiger partial charge >= 0.3 is 0 Å². The summed E-state index contributed by atoms with van der Waals surface area (Å²) in [7, 11) is 0. The van der Waals surface area contributed by atoms with Gasteiger partial charge in [0, 0.05) is 26.2 Å². The third-order valence-electron chi connectivity index (χ3n) is 5.29. The molecule has 0 N–H and O–H groups in total. The standard InChI is InChI=1S/C20H21ClN2O/c1-2-22-11-13-23(14-12-22)19(24)20(21)17-9-5-3-7-15(17)16-8-4-6-10-18(16)20/h3-10H,2,11-14H2,1H3. The highest BCUT2D eigenvalue weighted by Crippen LogP contribution is 2.52. The van der Waals surface area contributed by atoms with Crippen molar-refractivity contribution in [1.29, 1.82) is 0 Å². The van der Waals surface area contributed by atoms with Crippen molar-refractivity contribution in [2.75, 3.05) is 32.7 Å². The van der Waals surface area contributed by atoms with E-state index in [-0.39, 0.29) is 5.91 Å². The molecule has 0 bridgehead atoms. The molecule has 4 rings (SSSR count). The van der Waals surface area contributed by atoms with E-state index in [0.717, 1.165) is 55.0 Å². The average molecular weight is 341 g/mol. The van der Waals surface area contributed by atoms with Crippen molar-refractivity contribution in [2.45, 2.75) is 11.8 Å².